The van der Waals surface area contributed by atoms with Crippen molar-refractivity contribution in [2.75, 3.05) is 0 Å². The molecule has 8 aromatic rings. The van der Waals surface area contributed by atoms with Crippen LogP contribution in [0.3, 0.4) is 0 Å². The van der Waals surface area contributed by atoms with Crippen molar-refractivity contribution in [2.24, 2.45) is 0 Å². The molecule has 1 aliphatic carbocycles. The average molecular weight is 640 g/mol. The number of rotatable bonds is 4. The standard InChI is InChI=1S/C46H29N3O/c1-3-14-30(15-4-1)43-47-44(31-16-5-2-6-17-31)49-45(48-43)34-19-13-18-32(28-34)33-26-27-36-35-20-7-8-21-37(35)46(40(36)29-33)38-22-9-11-24-41(38)50-42-25-12-10-23-39(42)46/h1-29H. The van der Waals surface area contributed by atoms with Crippen LogP contribution in [0.2, 0.25) is 0 Å². The van der Waals surface area contributed by atoms with Crippen molar-refractivity contribution < 1.29 is 4.74 Å². The SMILES string of the molecule is c1ccc(-c2nc(-c3ccccc3)nc(-c3cccc(-c4ccc5c(c4)C4(c6ccccc6Oc6ccccc64)c4ccccc4-5)c3)n2)cc1. The van der Waals surface area contributed by atoms with Crippen LogP contribution in [0, 0.1) is 0 Å². The number of hydrogen-bond acceptors (Lipinski definition) is 4. The molecule has 0 unspecified atom stereocenters. The number of nitrogens with zero attached hydrogens (tertiary/aromatic N) is 3. The van der Waals surface area contributed by atoms with Crippen LogP contribution in [0.25, 0.3) is 56.4 Å². The van der Waals surface area contributed by atoms with Gasteiger partial charge in [-0.05, 0) is 57.6 Å². The molecule has 0 saturated carbocycles. The first-order valence-electron chi connectivity index (χ1n) is 16.9. The van der Waals surface area contributed by atoms with Gasteiger partial charge in [-0.3, -0.25) is 0 Å². The summed E-state index contributed by atoms with van der Waals surface area (Å²) in [4.78, 5) is 14.9. The Morgan fingerprint density at radius 2 is 0.780 bits per heavy atom. The summed E-state index contributed by atoms with van der Waals surface area (Å²) in [5.74, 6) is 3.71. The second-order valence-corrected chi connectivity index (χ2v) is 12.8. The molecule has 2 aliphatic rings. The highest BCUT2D eigenvalue weighted by Gasteiger charge is 2.51. The van der Waals surface area contributed by atoms with E-state index in [1.54, 1.807) is 0 Å². The monoisotopic (exact) mass is 639 g/mol. The fraction of sp³-hybridized carbons (Fsp3) is 0.0217. The minimum absolute atomic E-state index is 0.519. The molecule has 4 nitrogen and oxygen atoms in total. The maximum atomic E-state index is 6.54. The third-order valence-electron chi connectivity index (χ3n) is 10.0. The molecule has 0 bridgehead atoms. The molecular formula is C46H29N3O. The Bertz CT molecular complexity index is 2480. The van der Waals surface area contributed by atoms with Crippen LogP contribution in [0.4, 0.5) is 0 Å². The Hall–Kier alpha value is -6.65. The molecule has 234 valence electrons. The number of benzene rings is 7. The van der Waals surface area contributed by atoms with Gasteiger partial charge in [-0.2, -0.15) is 0 Å². The van der Waals surface area contributed by atoms with Crippen molar-refractivity contribution >= 4 is 0 Å². The molecule has 0 radical (unpaired) electrons. The van der Waals surface area contributed by atoms with E-state index in [1.807, 2.05) is 60.7 Å². The number of hydrogen-bond donors (Lipinski definition) is 0. The van der Waals surface area contributed by atoms with Crippen molar-refractivity contribution in [2.45, 2.75) is 5.41 Å². The molecule has 0 N–H and O–H groups in total. The van der Waals surface area contributed by atoms with Crippen molar-refractivity contribution in [3.63, 3.8) is 0 Å². The summed E-state index contributed by atoms with van der Waals surface area (Å²) in [6.45, 7) is 0. The lowest BCUT2D eigenvalue weighted by Gasteiger charge is -2.39. The van der Waals surface area contributed by atoms with E-state index in [9.17, 15) is 0 Å². The van der Waals surface area contributed by atoms with Crippen LogP contribution >= 0.6 is 0 Å². The Morgan fingerprint density at radius 1 is 0.320 bits per heavy atom. The summed E-state index contributed by atoms with van der Waals surface area (Å²) >= 11 is 0. The first-order chi connectivity index (χ1) is 24.8. The zero-order chi connectivity index (χ0) is 33.1. The predicted molar refractivity (Wildman–Crippen MR) is 199 cm³/mol. The van der Waals surface area contributed by atoms with Crippen molar-refractivity contribution in [1.82, 2.24) is 15.0 Å². The van der Waals surface area contributed by atoms with Crippen molar-refractivity contribution in [1.29, 1.82) is 0 Å². The van der Waals surface area contributed by atoms with E-state index in [-0.39, 0.29) is 0 Å². The molecule has 10 rings (SSSR count). The van der Waals surface area contributed by atoms with Crippen molar-refractivity contribution in [3.05, 3.63) is 198 Å². The van der Waals surface area contributed by atoms with Crippen LogP contribution in [0.15, 0.2) is 176 Å². The van der Waals surface area contributed by atoms with Gasteiger partial charge < -0.3 is 4.74 Å². The highest BCUT2D eigenvalue weighted by molar-refractivity contribution is 5.90. The zero-order valence-corrected chi connectivity index (χ0v) is 27.0. The van der Waals surface area contributed by atoms with Gasteiger partial charge in [-0.25, -0.2) is 15.0 Å². The lowest BCUT2D eigenvalue weighted by Crippen LogP contribution is -2.32. The Labute approximate surface area is 290 Å². The molecule has 7 aromatic carbocycles. The van der Waals surface area contributed by atoms with Crippen LogP contribution in [-0.2, 0) is 5.41 Å². The maximum Gasteiger partial charge on any atom is 0.164 e. The van der Waals surface area contributed by atoms with E-state index in [0.29, 0.717) is 17.5 Å². The Balaban J connectivity index is 1.16. The molecule has 0 atom stereocenters. The molecule has 0 saturated heterocycles. The van der Waals surface area contributed by atoms with Gasteiger partial charge in [0.1, 0.15) is 11.5 Å². The van der Waals surface area contributed by atoms with Gasteiger partial charge >= 0.3 is 0 Å². The molecule has 1 aromatic heterocycles. The van der Waals surface area contributed by atoms with E-state index in [0.717, 1.165) is 50.4 Å². The normalized spacial score (nSPS) is 13.1. The van der Waals surface area contributed by atoms with Gasteiger partial charge in [0, 0.05) is 27.8 Å². The average Bonchev–Trinajstić information content (AvgIpc) is 3.48. The first-order valence-corrected chi connectivity index (χ1v) is 16.9. The smallest absolute Gasteiger partial charge is 0.164 e. The molecule has 2 heterocycles. The first kappa shape index (κ1) is 28.4. The van der Waals surface area contributed by atoms with Gasteiger partial charge in [-0.15, -0.1) is 0 Å². The molecule has 1 aliphatic heterocycles. The molecular weight excluding hydrogens is 611 g/mol. The quantitative estimate of drug-likeness (QED) is 0.192. The van der Waals surface area contributed by atoms with Gasteiger partial charge in [0.2, 0.25) is 0 Å². The van der Waals surface area contributed by atoms with E-state index < -0.39 is 5.41 Å². The summed E-state index contributed by atoms with van der Waals surface area (Å²) in [6, 6.07) is 61.4. The minimum Gasteiger partial charge on any atom is -0.457 e. The summed E-state index contributed by atoms with van der Waals surface area (Å²) in [5.41, 5.74) is 11.9. The van der Waals surface area contributed by atoms with Crippen LogP contribution in [-0.4, -0.2) is 15.0 Å². The van der Waals surface area contributed by atoms with Gasteiger partial charge in [0.15, 0.2) is 17.5 Å². The summed E-state index contributed by atoms with van der Waals surface area (Å²) in [6.07, 6.45) is 0. The molecule has 1 spiro atoms. The van der Waals surface area contributed by atoms with Crippen LogP contribution < -0.4 is 4.74 Å². The Kier molecular flexibility index (Phi) is 6.36. The van der Waals surface area contributed by atoms with E-state index >= 15 is 0 Å². The Morgan fingerprint density at radius 3 is 1.42 bits per heavy atom. The number of fused-ring (bicyclic) bond motifs is 9. The minimum atomic E-state index is -0.519. The predicted octanol–water partition coefficient (Wildman–Crippen LogP) is 11.0. The summed E-state index contributed by atoms with van der Waals surface area (Å²) in [7, 11) is 0. The van der Waals surface area contributed by atoms with Gasteiger partial charge in [0.05, 0.1) is 5.41 Å². The zero-order valence-electron chi connectivity index (χ0n) is 27.0. The number of aromatic nitrogens is 3. The van der Waals surface area contributed by atoms with E-state index in [1.165, 1.54) is 22.3 Å². The fourth-order valence-electron chi connectivity index (χ4n) is 7.81. The summed E-state index contributed by atoms with van der Waals surface area (Å²) < 4.78 is 6.54. The lowest BCUT2D eigenvalue weighted by atomic mass is 9.66. The van der Waals surface area contributed by atoms with Crippen molar-refractivity contribution in [3.8, 4) is 67.9 Å². The number of para-hydroxylation sites is 2. The fourth-order valence-corrected chi connectivity index (χ4v) is 7.81. The number of ether oxygens (including phenoxy) is 1. The third kappa shape index (κ3) is 4.28. The maximum absolute atomic E-state index is 6.54. The molecule has 0 fully saturated rings. The van der Waals surface area contributed by atoms with Gasteiger partial charge in [0.25, 0.3) is 0 Å². The summed E-state index contributed by atoms with van der Waals surface area (Å²) in [5, 5.41) is 0. The third-order valence-corrected chi connectivity index (χ3v) is 10.0. The largest absolute Gasteiger partial charge is 0.457 e. The van der Waals surface area contributed by atoms with E-state index in [2.05, 4.69) is 115 Å². The molecule has 0 amide bonds. The lowest BCUT2D eigenvalue weighted by molar-refractivity contribution is 0.436. The highest BCUT2D eigenvalue weighted by Crippen LogP contribution is 2.62. The highest BCUT2D eigenvalue weighted by atomic mass is 16.5. The molecule has 50 heavy (non-hydrogen) atoms. The van der Waals surface area contributed by atoms with E-state index in [4.69, 9.17) is 19.7 Å². The van der Waals surface area contributed by atoms with Crippen LogP contribution in [0.1, 0.15) is 22.3 Å². The van der Waals surface area contributed by atoms with Gasteiger partial charge in [-0.1, -0.05) is 152 Å². The topological polar surface area (TPSA) is 47.9 Å². The second kappa shape index (κ2) is 11.2. The molecule has 4 heteroatoms. The van der Waals surface area contributed by atoms with Crippen LogP contribution in [0.5, 0.6) is 11.5 Å². The second-order valence-electron chi connectivity index (χ2n) is 12.8.